The Kier molecular flexibility index (Phi) is 7.42. The number of piperazine rings is 1. The van der Waals surface area contributed by atoms with Crippen molar-refractivity contribution in [2.45, 2.75) is 13.0 Å². The van der Waals surface area contributed by atoms with Crippen molar-refractivity contribution in [1.29, 1.82) is 0 Å². The number of nitrogens with zero attached hydrogens (tertiary/aromatic N) is 4. The fourth-order valence-electron chi connectivity index (χ4n) is 4.26. The molecule has 0 radical (unpaired) electrons. The van der Waals surface area contributed by atoms with E-state index < -0.39 is 27.7 Å². The number of rotatable bonds is 8. The number of imidazole rings is 1. The van der Waals surface area contributed by atoms with Gasteiger partial charge in [-0.2, -0.15) is 4.31 Å². The quantitative estimate of drug-likeness (QED) is 0.512. The first-order chi connectivity index (χ1) is 16.8. The number of aryl methyl sites for hydroxylation is 2. The number of methoxy groups -OCH3 is 1. The first kappa shape index (κ1) is 24.7. The summed E-state index contributed by atoms with van der Waals surface area (Å²) in [5, 5.41) is 2.87. The summed E-state index contributed by atoms with van der Waals surface area (Å²) in [6.07, 6.45) is 3.42. The van der Waals surface area contributed by atoms with Crippen molar-refractivity contribution in [1.82, 2.24) is 19.2 Å². The minimum Gasteiger partial charge on any atom is -0.497 e. The summed E-state index contributed by atoms with van der Waals surface area (Å²) >= 11 is 0. The van der Waals surface area contributed by atoms with Crippen molar-refractivity contribution >= 4 is 21.6 Å². The normalized spacial score (nSPS) is 15.6. The smallest absolute Gasteiger partial charge is 0.237 e. The van der Waals surface area contributed by atoms with Gasteiger partial charge in [0.05, 0.1) is 7.11 Å². The Bertz CT molecular complexity index is 1270. The van der Waals surface area contributed by atoms with Crippen LogP contribution in [0.25, 0.3) is 0 Å². The first-order valence-electron chi connectivity index (χ1n) is 11.5. The van der Waals surface area contributed by atoms with Crippen LogP contribution in [-0.2, 0) is 21.9 Å². The molecule has 3 aromatic rings. The fraction of sp³-hybridized carbons (Fsp3) is 0.360. The second-order valence-electron chi connectivity index (χ2n) is 8.65. The third-order valence-electron chi connectivity index (χ3n) is 6.18. The third-order valence-corrected chi connectivity index (χ3v) is 7.96. The fourth-order valence-corrected chi connectivity index (χ4v) is 5.57. The Balaban J connectivity index is 1.43. The SMILES string of the molecule is COc1ccc(C(NC(=O)CS(=O)(=O)N2CCN(c3cccc(C)c3)CC2)c2nccn2C)cc1. The van der Waals surface area contributed by atoms with E-state index in [-0.39, 0.29) is 0 Å². The van der Waals surface area contributed by atoms with Gasteiger partial charge in [0.2, 0.25) is 15.9 Å². The maximum absolute atomic E-state index is 13.1. The largest absolute Gasteiger partial charge is 0.497 e. The molecule has 1 saturated heterocycles. The topological polar surface area (TPSA) is 96.8 Å². The van der Waals surface area contributed by atoms with Gasteiger partial charge in [-0.05, 0) is 42.3 Å². The van der Waals surface area contributed by atoms with Crippen molar-refractivity contribution in [3.05, 3.63) is 77.9 Å². The van der Waals surface area contributed by atoms with Crippen molar-refractivity contribution in [2.24, 2.45) is 7.05 Å². The molecule has 4 rings (SSSR count). The molecule has 186 valence electrons. The lowest BCUT2D eigenvalue weighted by Gasteiger charge is -2.35. The maximum atomic E-state index is 13.1. The van der Waals surface area contributed by atoms with Crippen LogP contribution in [0.4, 0.5) is 5.69 Å². The number of anilines is 1. The Morgan fingerprint density at radius 3 is 2.43 bits per heavy atom. The molecule has 1 aromatic heterocycles. The Hall–Kier alpha value is -3.37. The zero-order valence-electron chi connectivity index (χ0n) is 20.2. The number of carbonyl (C=O) groups excluding carboxylic acids is 1. The minimum atomic E-state index is -3.77. The second-order valence-corrected chi connectivity index (χ2v) is 10.6. The van der Waals surface area contributed by atoms with E-state index >= 15 is 0 Å². The highest BCUT2D eigenvalue weighted by molar-refractivity contribution is 7.89. The van der Waals surface area contributed by atoms with Gasteiger partial charge in [-0.15, -0.1) is 0 Å². The molecule has 9 nitrogen and oxygen atoms in total. The molecular weight excluding hydrogens is 466 g/mol. The van der Waals surface area contributed by atoms with E-state index in [4.69, 9.17) is 4.74 Å². The van der Waals surface area contributed by atoms with E-state index in [1.807, 2.05) is 44.3 Å². The lowest BCUT2D eigenvalue weighted by atomic mass is 10.1. The number of carbonyl (C=O) groups is 1. The molecule has 1 atom stereocenters. The van der Waals surface area contributed by atoms with E-state index in [2.05, 4.69) is 21.3 Å². The predicted molar refractivity (Wildman–Crippen MR) is 135 cm³/mol. The van der Waals surface area contributed by atoms with Gasteiger partial charge < -0.3 is 19.5 Å². The first-order valence-corrected chi connectivity index (χ1v) is 13.1. The molecular formula is C25H31N5O4S. The molecule has 10 heteroatoms. The highest BCUT2D eigenvalue weighted by Crippen LogP contribution is 2.23. The number of aromatic nitrogens is 2. The average molecular weight is 498 g/mol. The molecule has 35 heavy (non-hydrogen) atoms. The molecule has 1 fully saturated rings. The van der Waals surface area contributed by atoms with Crippen molar-refractivity contribution in [3.8, 4) is 5.75 Å². The summed E-state index contributed by atoms with van der Waals surface area (Å²) < 4.78 is 34.5. The van der Waals surface area contributed by atoms with Gasteiger partial charge in [0.1, 0.15) is 23.4 Å². The van der Waals surface area contributed by atoms with Crippen LogP contribution in [0.2, 0.25) is 0 Å². The van der Waals surface area contributed by atoms with Crippen LogP contribution in [-0.4, -0.2) is 67.2 Å². The summed E-state index contributed by atoms with van der Waals surface area (Å²) in [7, 11) is -0.356. The molecule has 1 unspecified atom stereocenters. The molecule has 1 aliphatic heterocycles. The molecule has 1 aliphatic rings. The van der Waals surface area contributed by atoms with Crippen LogP contribution in [0.15, 0.2) is 60.9 Å². The number of nitrogens with one attached hydrogen (secondary N) is 1. The van der Waals surface area contributed by atoms with E-state index in [0.29, 0.717) is 37.8 Å². The summed E-state index contributed by atoms with van der Waals surface area (Å²) in [5.41, 5.74) is 3.02. The number of sulfonamides is 1. The van der Waals surface area contributed by atoms with Gasteiger partial charge in [0, 0.05) is 51.3 Å². The monoisotopic (exact) mass is 497 g/mol. The number of hydrogen-bond donors (Lipinski definition) is 1. The number of benzene rings is 2. The van der Waals surface area contributed by atoms with E-state index in [1.54, 1.807) is 36.2 Å². The molecule has 0 saturated carbocycles. The lowest BCUT2D eigenvalue weighted by molar-refractivity contribution is -0.119. The van der Waals surface area contributed by atoms with Gasteiger partial charge in [0.25, 0.3) is 0 Å². The van der Waals surface area contributed by atoms with Crippen molar-refractivity contribution in [3.63, 3.8) is 0 Å². The Morgan fingerprint density at radius 2 is 1.83 bits per heavy atom. The van der Waals surface area contributed by atoms with E-state index in [0.717, 1.165) is 16.8 Å². The maximum Gasteiger partial charge on any atom is 0.237 e. The van der Waals surface area contributed by atoms with Crippen LogP contribution >= 0.6 is 0 Å². The van der Waals surface area contributed by atoms with E-state index in [9.17, 15) is 13.2 Å². The molecule has 0 aliphatic carbocycles. The number of ether oxygens (including phenoxy) is 1. The number of hydrogen-bond acceptors (Lipinski definition) is 6. The second kappa shape index (κ2) is 10.5. The number of amides is 1. The molecule has 2 aromatic carbocycles. The Morgan fingerprint density at radius 1 is 1.11 bits per heavy atom. The molecule has 1 amide bonds. The minimum absolute atomic E-state index is 0.338. The molecule has 1 N–H and O–H groups in total. The zero-order chi connectivity index (χ0) is 25.0. The van der Waals surface area contributed by atoms with Crippen LogP contribution in [0.3, 0.4) is 0 Å². The highest BCUT2D eigenvalue weighted by atomic mass is 32.2. The lowest BCUT2D eigenvalue weighted by Crippen LogP contribution is -2.50. The summed E-state index contributed by atoms with van der Waals surface area (Å²) in [5.74, 6) is 0.0998. The van der Waals surface area contributed by atoms with Crippen LogP contribution in [0, 0.1) is 6.92 Å². The van der Waals surface area contributed by atoms with Crippen LogP contribution in [0.1, 0.15) is 23.0 Å². The zero-order valence-corrected chi connectivity index (χ0v) is 21.0. The third kappa shape index (κ3) is 5.83. The van der Waals surface area contributed by atoms with Crippen LogP contribution in [0.5, 0.6) is 5.75 Å². The van der Waals surface area contributed by atoms with E-state index in [1.165, 1.54) is 4.31 Å². The van der Waals surface area contributed by atoms with Gasteiger partial charge in [0.15, 0.2) is 0 Å². The van der Waals surface area contributed by atoms with Crippen molar-refractivity contribution < 1.29 is 17.9 Å². The Labute approximate surface area is 206 Å². The van der Waals surface area contributed by atoms with Gasteiger partial charge in [-0.3, -0.25) is 4.79 Å². The molecule has 0 bridgehead atoms. The highest BCUT2D eigenvalue weighted by Gasteiger charge is 2.31. The summed E-state index contributed by atoms with van der Waals surface area (Å²) in [6.45, 7) is 3.86. The average Bonchev–Trinajstić information content (AvgIpc) is 3.28. The van der Waals surface area contributed by atoms with Gasteiger partial charge in [-0.25, -0.2) is 13.4 Å². The summed E-state index contributed by atoms with van der Waals surface area (Å²) in [6, 6.07) is 14.8. The van der Waals surface area contributed by atoms with Gasteiger partial charge >= 0.3 is 0 Å². The van der Waals surface area contributed by atoms with Gasteiger partial charge in [-0.1, -0.05) is 24.3 Å². The standard InChI is InChI=1S/C25H31N5O4S/c1-19-5-4-6-21(17-19)29-13-15-30(16-14-29)35(32,33)18-23(31)27-24(25-26-11-12-28(25)2)20-7-9-22(34-3)10-8-20/h4-12,17,24H,13-16,18H2,1-3H3,(H,27,31). The van der Waals surface area contributed by atoms with Crippen LogP contribution < -0.4 is 15.0 Å². The van der Waals surface area contributed by atoms with Crippen molar-refractivity contribution in [2.75, 3.05) is 43.9 Å². The molecule has 2 heterocycles. The molecule has 0 spiro atoms. The predicted octanol–water partition coefficient (Wildman–Crippen LogP) is 2.09. The summed E-state index contributed by atoms with van der Waals surface area (Å²) in [4.78, 5) is 19.5.